The zero-order valence-electron chi connectivity index (χ0n) is 21.1. The van der Waals surface area contributed by atoms with Gasteiger partial charge in [-0.25, -0.2) is 9.69 Å². The molecule has 1 saturated heterocycles. The van der Waals surface area contributed by atoms with Gasteiger partial charge in [-0.1, -0.05) is 68.4 Å². The van der Waals surface area contributed by atoms with Crippen molar-refractivity contribution < 1.29 is 14.4 Å². The first-order valence-electron chi connectivity index (χ1n) is 12.4. The minimum atomic E-state index is -0.661. The minimum absolute atomic E-state index is 0.0348. The van der Waals surface area contributed by atoms with Crippen LogP contribution in [0.5, 0.6) is 0 Å². The lowest BCUT2D eigenvalue weighted by Gasteiger charge is -2.32. The molecule has 0 unspecified atom stereocenters. The molecule has 0 atom stereocenters. The van der Waals surface area contributed by atoms with Gasteiger partial charge in [0.05, 0.1) is 16.7 Å². The van der Waals surface area contributed by atoms with Gasteiger partial charge in [-0.3, -0.25) is 14.5 Å². The van der Waals surface area contributed by atoms with Gasteiger partial charge in [0.15, 0.2) is 0 Å². The number of anilines is 1. The summed E-state index contributed by atoms with van der Waals surface area (Å²) in [7, 11) is 1.41. The maximum atomic E-state index is 13.5. The number of fused-ring (bicyclic) bond motifs is 5. The molecule has 0 bridgehead atoms. The Hall–Kier alpha value is -4.49. The summed E-state index contributed by atoms with van der Waals surface area (Å²) < 4.78 is 2.31. The van der Waals surface area contributed by atoms with Gasteiger partial charge in [-0.05, 0) is 41.5 Å². The summed E-state index contributed by atoms with van der Waals surface area (Å²) in [4.78, 5) is 42.4. The first-order valence-corrected chi connectivity index (χ1v) is 13.2. The summed E-state index contributed by atoms with van der Waals surface area (Å²) in [5.74, 6) is -1.22. The van der Waals surface area contributed by atoms with E-state index in [1.54, 1.807) is 41.7 Å². The summed E-state index contributed by atoms with van der Waals surface area (Å²) in [6, 6.07) is 25.0. The highest BCUT2D eigenvalue weighted by Gasteiger charge is 2.42. The summed E-state index contributed by atoms with van der Waals surface area (Å²) in [6.45, 7) is 4.43. The lowest BCUT2D eigenvalue weighted by Crippen LogP contribution is -2.55. The first-order chi connectivity index (χ1) is 18.3. The Balaban J connectivity index is 1.43. The van der Waals surface area contributed by atoms with Gasteiger partial charge in [-0.15, -0.1) is 11.3 Å². The molecule has 0 radical (unpaired) electrons. The smallest absolute Gasteiger partial charge is 0.300 e. The van der Waals surface area contributed by atoms with Crippen LogP contribution in [0.4, 0.5) is 10.5 Å². The number of likely N-dealkylation sites (N-methyl/N-ethyl adjacent to an activating group) is 1. The molecule has 5 aromatic rings. The Morgan fingerprint density at radius 2 is 1.50 bits per heavy atom. The topological polar surface area (TPSA) is 62.6 Å². The molecule has 2 aromatic heterocycles. The number of benzene rings is 3. The zero-order valence-corrected chi connectivity index (χ0v) is 21.9. The SMILES string of the molecule is CN1C(=O)/C(=C\c2cc3c(s2)-n2c4ccccc4c4cccc(c42)C3(C)C)C(=O)N(c2ccccc2)C1=O. The Bertz CT molecular complexity index is 1880. The second kappa shape index (κ2) is 7.76. The van der Waals surface area contributed by atoms with E-state index in [4.69, 9.17) is 0 Å². The quantitative estimate of drug-likeness (QED) is 0.199. The number of imide groups is 2. The normalized spacial score (nSPS) is 17.7. The van der Waals surface area contributed by atoms with Crippen molar-refractivity contribution in [1.82, 2.24) is 9.47 Å². The minimum Gasteiger partial charge on any atom is -0.300 e. The average molecular weight is 518 g/mol. The number of barbiturate groups is 1. The highest BCUT2D eigenvalue weighted by Crippen LogP contribution is 2.50. The molecule has 4 amide bonds. The third-order valence-corrected chi connectivity index (χ3v) is 8.79. The van der Waals surface area contributed by atoms with Crippen LogP contribution in [-0.2, 0) is 15.0 Å². The Morgan fingerprint density at radius 3 is 2.29 bits per heavy atom. The van der Waals surface area contributed by atoms with Crippen molar-refractivity contribution in [1.29, 1.82) is 0 Å². The molecule has 0 aliphatic carbocycles. The zero-order chi connectivity index (χ0) is 26.3. The second-order valence-corrected chi connectivity index (χ2v) is 11.3. The molecule has 0 N–H and O–H groups in total. The number of amides is 4. The van der Waals surface area contributed by atoms with Gasteiger partial charge in [0.1, 0.15) is 10.6 Å². The van der Waals surface area contributed by atoms with Crippen molar-refractivity contribution in [2.24, 2.45) is 0 Å². The van der Waals surface area contributed by atoms with E-state index in [1.807, 2.05) is 12.1 Å². The van der Waals surface area contributed by atoms with E-state index in [2.05, 4.69) is 60.9 Å². The van der Waals surface area contributed by atoms with Crippen LogP contribution in [0.2, 0.25) is 0 Å². The number of nitrogens with zero attached hydrogens (tertiary/aromatic N) is 3. The summed E-state index contributed by atoms with van der Waals surface area (Å²) in [6.07, 6.45) is 1.64. The largest absolute Gasteiger partial charge is 0.338 e. The number of carbonyl (C=O) groups is 3. The van der Waals surface area contributed by atoms with Crippen LogP contribution >= 0.6 is 11.3 Å². The number of carbonyl (C=O) groups excluding carboxylic acids is 3. The second-order valence-electron chi connectivity index (χ2n) is 10.2. The van der Waals surface area contributed by atoms with Crippen molar-refractivity contribution in [2.75, 3.05) is 11.9 Å². The van der Waals surface area contributed by atoms with Crippen molar-refractivity contribution in [2.45, 2.75) is 19.3 Å². The van der Waals surface area contributed by atoms with Gasteiger partial charge in [-0.2, -0.15) is 0 Å². The van der Waals surface area contributed by atoms with Gasteiger partial charge >= 0.3 is 6.03 Å². The van der Waals surface area contributed by atoms with E-state index in [9.17, 15) is 14.4 Å². The van der Waals surface area contributed by atoms with Gasteiger partial charge in [0.25, 0.3) is 11.8 Å². The van der Waals surface area contributed by atoms with Crippen LogP contribution in [0.3, 0.4) is 0 Å². The van der Waals surface area contributed by atoms with E-state index in [-0.39, 0.29) is 11.0 Å². The highest BCUT2D eigenvalue weighted by atomic mass is 32.1. The van der Waals surface area contributed by atoms with Crippen LogP contribution in [0.15, 0.2) is 84.4 Å². The Morgan fingerprint density at radius 1 is 0.789 bits per heavy atom. The number of urea groups is 1. The molecule has 1 fully saturated rings. The number of rotatable bonds is 2. The Kier molecular flexibility index (Phi) is 4.63. The van der Waals surface area contributed by atoms with Gasteiger partial charge in [0, 0.05) is 28.1 Å². The van der Waals surface area contributed by atoms with Crippen molar-refractivity contribution in [3.8, 4) is 5.00 Å². The van der Waals surface area contributed by atoms with Crippen molar-refractivity contribution >= 4 is 62.8 Å². The lowest BCUT2D eigenvalue weighted by atomic mass is 9.76. The average Bonchev–Trinajstić information content (AvgIpc) is 3.50. The van der Waals surface area contributed by atoms with Gasteiger partial charge in [0.2, 0.25) is 0 Å². The van der Waals surface area contributed by atoms with Crippen LogP contribution < -0.4 is 4.90 Å². The number of thiophene rings is 1. The van der Waals surface area contributed by atoms with Crippen molar-refractivity contribution in [3.63, 3.8) is 0 Å². The molecule has 3 aromatic carbocycles. The molecular weight excluding hydrogens is 494 g/mol. The molecule has 7 rings (SSSR count). The van der Waals surface area contributed by atoms with E-state index in [1.165, 1.54) is 28.9 Å². The maximum absolute atomic E-state index is 13.5. The summed E-state index contributed by atoms with van der Waals surface area (Å²) >= 11 is 1.55. The molecule has 0 spiro atoms. The summed E-state index contributed by atoms with van der Waals surface area (Å²) in [5, 5.41) is 3.48. The van der Waals surface area contributed by atoms with Crippen LogP contribution in [-0.4, -0.2) is 34.4 Å². The molecule has 2 aliphatic heterocycles. The molecule has 6 nitrogen and oxygen atoms in total. The summed E-state index contributed by atoms with van der Waals surface area (Å²) in [5.41, 5.74) is 4.80. The standard InChI is InChI=1S/C31H23N3O3S/c1-31(2)23-14-9-13-21-20-12-7-8-15-25(20)34(26(21)23)29-24(31)17-19(38-29)16-22-27(35)32(3)30(37)33(28(22)36)18-10-5-4-6-11-18/h4-17H,1-3H3/b22-16+. The van der Waals surface area contributed by atoms with E-state index < -0.39 is 17.8 Å². The molecule has 4 heterocycles. The van der Waals surface area contributed by atoms with Crippen LogP contribution in [0.25, 0.3) is 32.9 Å². The highest BCUT2D eigenvalue weighted by molar-refractivity contribution is 7.15. The molecular formula is C31H23N3O3S. The number of hydrogen-bond donors (Lipinski definition) is 0. The lowest BCUT2D eigenvalue weighted by molar-refractivity contribution is -0.128. The number of aromatic nitrogens is 1. The van der Waals surface area contributed by atoms with Crippen molar-refractivity contribution in [3.05, 3.63) is 100 Å². The number of hydrogen-bond acceptors (Lipinski definition) is 4. The third-order valence-electron chi connectivity index (χ3n) is 7.72. The predicted molar refractivity (Wildman–Crippen MR) is 151 cm³/mol. The van der Waals surface area contributed by atoms with Gasteiger partial charge < -0.3 is 4.57 Å². The predicted octanol–water partition coefficient (Wildman–Crippen LogP) is 6.49. The molecule has 7 heteroatoms. The maximum Gasteiger partial charge on any atom is 0.338 e. The Labute approximate surface area is 223 Å². The fourth-order valence-electron chi connectivity index (χ4n) is 5.75. The molecule has 0 saturated carbocycles. The third kappa shape index (κ3) is 2.90. The van der Waals surface area contributed by atoms with E-state index >= 15 is 0 Å². The molecule has 186 valence electrons. The van der Waals surface area contributed by atoms with Crippen LogP contribution in [0, 0.1) is 0 Å². The monoisotopic (exact) mass is 517 g/mol. The first kappa shape index (κ1) is 22.7. The fourth-order valence-corrected chi connectivity index (χ4v) is 7.03. The molecule has 38 heavy (non-hydrogen) atoms. The van der Waals surface area contributed by atoms with Crippen LogP contribution in [0.1, 0.15) is 29.9 Å². The number of para-hydroxylation sites is 3. The van der Waals surface area contributed by atoms with E-state index in [0.29, 0.717) is 5.69 Å². The fraction of sp³-hybridized carbons (Fsp3) is 0.129. The van der Waals surface area contributed by atoms with E-state index in [0.717, 1.165) is 30.8 Å². The molecule has 2 aliphatic rings.